The van der Waals surface area contributed by atoms with E-state index in [0.29, 0.717) is 33.8 Å². The van der Waals surface area contributed by atoms with Crippen LogP contribution in [-0.4, -0.2) is 52.3 Å². The molecule has 3 aromatic carbocycles. The maximum Gasteiger partial charge on any atom is 0.330 e. The van der Waals surface area contributed by atoms with Crippen LogP contribution in [0.2, 0.25) is 0 Å². The van der Waals surface area contributed by atoms with Gasteiger partial charge in [0.15, 0.2) is 0 Å². The number of para-hydroxylation sites is 2. The zero-order valence-corrected chi connectivity index (χ0v) is 23.5. The molecule has 2 heterocycles. The zero-order valence-electron chi connectivity index (χ0n) is 23.5. The van der Waals surface area contributed by atoms with E-state index in [4.69, 9.17) is 14.2 Å². The number of rotatable bonds is 10. The normalized spacial score (nSPS) is 19.3. The monoisotopic (exact) mass is 570 g/mol. The highest BCUT2D eigenvalue weighted by molar-refractivity contribution is 5.60. The molecule has 218 valence electrons. The van der Waals surface area contributed by atoms with Gasteiger partial charge in [-0.3, -0.25) is 14.3 Å². The molecule has 5 rings (SSSR count). The van der Waals surface area contributed by atoms with Gasteiger partial charge in [0, 0.05) is 29.3 Å². The second-order valence-electron chi connectivity index (χ2n) is 10.2. The Morgan fingerprint density at radius 1 is 1.00 bits per heavy atom. The van der Waals surface area contributed by atoms with Crippen LogP contribution in [0.1, 0.15) is 34.9 Å². The summed E-state index contributed by atoms with van der Waals surface area (Å²) in [5, 5.41) is 24.0. The third-order valence-corrected chi connectivity index (χ3v) is 7.90. The van der Waals surface area contributed by atoms with Gasteiger partial charge in [0.25, 0.3) is 5.56 Å². The predicted octanol–water partition coefficient (Wildman–Crippen LogP) is 3.33. The summed E-state index contributed by atoms with van der Waals surface area (Å²) in [4.78, 5) is 27.4. The number of allylic oxidation sites excluding steroid dienone is 1. The highest BCUT2D eigenvalue weighted by Gasteiger charge is 2.54. The first-order chi connectivity index (χ1) is 20.4. The summed E-state index contributed by atoms with van der Waals surface area (Å²) in [5.41, 5.74) is -0.251. The number of nitrogens with one attached hydrogen (secondary N) is 1. The molecule has 4 atom stereocenters. The van der Waals surface area contributed by atoms with Gasteiger partial charge in [-0.05, 0) is 24.1 Å². The standard InChI is InChI=1S/C33H34N2O7/c1-4-12-21-20-35(32(39)34-31(21)38)28-19-25(36)29(42-28)30(37)33(22-13-6-5-7-14-22,23-15-8-10-17-26(23)40-2)24-16-9-11-18-27(24)41-3/h4-11,13-18,20,25,28-30,36-37H,1,12,19H2,2-3H3,(H,34,38,39)/t25-,28+,29-,30?/m0/s1. The van der Waals surface area contributed by atoms with Crippen molar-refractivity contribution in [3.63, 3.8) is 0 Å². The molecule has 1 aliphatic rings. The fourth-order valence-corrected chi connectivity index (χ4v) is 6.01. The first kappa shape index (κ1) is 29.1. The van der Waals surface area contributed by atoms with E-state index in [1.165, 1.54) is 10.8 Å². The van der Waals surface area contributed by atoms with E-state index in [9.17, 15) is 19.8 Å². The fourth-order valence-electron chi connectivity index (χ4n) is 6.01. The van der Waals surface area contributed by atoms with E-state index in [-0.39, 0.29) is 12.8 Å². The summed E-state index contributed by atoms with van der Waals surface area (Å²) in [6.07, 6.45) is -1.45. The Bertz CT molecular complexity index is 1620. The Morgan fingerprint density at radius 3 is 2.14 bits per heavy atom. The average Bonchev–Trinajstić information content (AvgIpc) is 3.40. The van der Waals surface area contributed by atoms with Crippen molar-refractivity contribution in [3.8, 4) is 11.5 Å². The van der Waals surface area contributed by atoms with E-state index in [1.807, 2.05) is 78.9 Å². The summed E-state index contributed by atoms with van der Waals surface area (Å²) < 4.78 is 19.2. The van der Waals surface area contributed by atoms with E-state index in [0.717, 1.165) is 0 Å². The number of benzene rings is 3. The minimum absolute atomic E-state index is 0.00389. The molecule has 9 heteroatoms. The van der Waals surface area contributed by atoms with Crippen LogP contribution in [0.4, 0.5) is 0 Å². The van der Waals surface area contributed by atoms with Gasteiger partial charge in [-0.1, -0.05) is 72.8 Å². The minimum atomic E-state index is -1.40. The van der Waals surface area contributed by atoms with Crippen LogP contribution in [0.5, 0.6) is 11.5 Å². The molecule has 1 unspecified atom stereocenters. The van der Waals surface area contributed by atoms with E-state index in [2.05, 4.69) is 11.6 Å². The first-order valence-corrected chi connectivity index (χ1v) is 13.7. The second-order valence-corrected chi connectivity index (χ2v) is 10.2. The Balaban J connectivity index is 1.72. The van der Waals surface area contributed by atoms with Gasteiger partial charge in [-0.15, -0.1) is 6.58 Å². The average molecular weight is 571 g/mol. The van der Waals surface area contributed by atoms with Gasteiger partial charge in [0.2, 0.25) is 0 Å². The maximum absolute atomic E-state index is 12.8. The number of aliphatic hydroxyl groups excluding tert-OH is 2. The van der Waals surface area contributed by atoms with Crippen molar-refractivity contribution in [2.45, 2.75) is 42.8 Å². The van der Waals surface area contributed by atoms with Gasteiger partial charge < -0.3 is 24.4 Å². The van der Waals surface area contributed by atoms with Gasteiger partial charge in [-0.2, -0.15) is 0 Å². The molecule has 1 fully saturated rings. The van der Waals surface area contributed by atoms with E-state index in [1.54, 1.807) is 20.3 Å². The third kappa shape index (κ3) is 4.96. The third-order valence-electron chi connectivity index (χ3n) is 7.90. The van der Waals surface area contributed by atoms with Crippen LogP contribution in [0.15, 0.2) is 107 Å². The minimum Gasteiger partial charge on any atom is -0.496 e. The van der Waals surface area contributed by atoms with Gasteiger partial charge in [0.1, 0.15) is 29.9 Å². The lowest BCUT2D eigenvalue weighted by Crippen LogP contribution is -2.51. The van der Waals surface area contributed by atoms with Crippen LogP contribution >= 0.6 is 0 Å². The lowest BCUT2D eigenvalue weighted by molar-refractivity contribution is -0.0980. The molecule has 0 aliphatic carbocycles. The van der Waals surface area contributed by atoms with Crippen molar-refractivity contribution in [2.75, 3.05) is 14.2 Å². The second kappa shape index (κ2) is 12.2. The van der Waals surface area contributed by atoms with Crippen LogP contribution < -0.4 is 20.7 Å². The molecular weight excluding hydrogens is 536 g/mol. The van der Waals surface area contributed by atoms with Crippen LogP contribution in [-0.2, 0) is 16.6 Å². The largest absolute Gasteiger partial charge is 0.496 e. The van der Waals surface area contributed by atoms with Gasteiger partial charge in [-0.25, -0.2) is 4.79 Å². The summed E-state index contributed by atoms with van der Waals surface area (Å²) >= 11 is 0. The highest BCUT2D eigenvalue weighted by Crippen LogP contribution is 2.51. The van der Waals surface area contributed by atoms with Crippen molar-refractivity contribution in [1.82, 2.24) is 9.55 Å². The first-order valence-electron chi connectivity index (χ1n) is 13.7. The Morgan fingerprint density at radius 2 is 1.57 bits per heavy atom. The number of H-pyrrole nitrogens is 1. The lowest BCUT2D eigenvalue weighted by atomic mass is 9.63. The quantitative estimate of drug-likeness (QED) is 0.197. The molecule has 1 aromatic heterocycles. The molecule has 3 N–H and O–H groups in total. The maximum atomic E-state index is 12.8. The fraction of sp³-hybridized carbons (Fsp3) is 0.273. The topological polar surface area (TPSA) is 123 Å². The van der Waals surface area contributed by atoms with E-state index < -0.39 is 41.2 Å². The molecular formula is C33H34N2O7. The molecule has 0 bridgehead atoms. The number of aliphatic hydroxyl groups is 2. The van der Waals surface area contributed by atoms with Crippen LogP contribution in [0.3, 0.4) is 0 Å². The number of hydrogen-bond donors (Lipinski definition) is 3. The summed E-state index contributed by atoms with van der Waals surface area (Å²) in [6, 6.07) is 24.2. The van der Waals surface area contributed by atoms with Gasteiger partial charge >= 0.3 is 5.69 Å². The van der Waals surface area contributed by atoms with Crippen molar-refractivity contribution in [3.05, 3.63) is 141 Å². The number of nitrogens with zero attached hydrogens (tertiary/aromatic N) is 1. The number of methoxy groups -OCH3 is 2. The predicted molar refractivity (Wildman–Crippen MR) is 158 cm³/mol. The smallest absolute Gasteiger partial charge is 0.330 e. The summed E-state index contributed by atoms with van der Waals surface area (Å²) in [6.45, 7) is 3.67. The molecule has 9 nitrogen and oxygen atoms in total. The molecule has 0 radical (unpaired) electrons. The SMILES string of the molecule is C=CCc1cn([C@H]2C[C@H](O)[C@@H](C(O)C(c3ccccc3)(c3ccccc3OC)c3ccccc3OC)O2)c(=O)[nH]c1=O. The summed E-state index contributed by atoms with van der Waals surface area (Å²) in [7, 11) is 3.12. The highest BCUT2D eigenvalue weighted by atomic mass is 16.5. The van der Waals surface area contributed by atoms with Crippen LogP contribution in [0.25, 0.3) is 0 Å². The zero-order chi connectivity index (χ0) is 29.9. The Hall–Kier alpha value is -4.44. The Labute approximate surface area is 243 Å². The molecule has 0 amide bonds. The van der Waals surface area contributed by atoms with Crippen LogP contribution in [0, 0.1) is 0 Å². The van der Waals surface area contributed by atoms with Crippen molar-refractivity contribution in [1.29, 1.82) is 0 Å². The molecule has 42 heavy (non-hydrogen) atoms. The van der Waals surface area contributed by atoms with Crippen molar-refractivity contribution < 1.29 is 24.4 Å². The lowest BCUT2D eigenvalue weighted by Gasteiger charge is -2.43. The molecule has 1 aliphatic heterocycles. The molecule has 0 saturated carbocycles. The molecule has 0 spiro atoms. The number of ether oxygens (including phenoxy) is 3. The van der Waals surface area contributed by atoms with Gasteiger partial charge in [0.05, 0.1) is 25.7 Å². The van der Waals surface area contributed by atoms with Crippen molar-refractivity contribution in [2.24, 2.45) is 0 Å². The molecule has 1 saturated heterocycles. The number of aromatic amines is 1. The number of aromatic nitrogens is 2. The van der Waals surface area contributed by atoms with Crippen molar-refractivity contribution >= 4 is 0 Å². The van der Waals surface area contributed by atoms with E-state index >= 15 is 0 Å². The Kier molecular flexibility index (Phi) is 8.44. The summed E-state index contributed by atoms with van der Waals surface area (Å²) in [5.74, 6) is 1.03. The molecule has 4 aromatic rings. The number of hydrogen-bond acceptors (Lipinski definition) is 7.